The Labute approximate surface area is 112 Å². The molecule has 0 spiro atoms. The van der Waals surface area contributed by atoms with Crippen molar-refractivity contribution in [2.45, 2.75) is 6.92 Å². The van der Waals surface area contributed by atoms with Crippen molar-refractivity contribution in [3.8, 4) is 11.6 Å². The van der Waals surface area contributed by atoms with Crippen LogP contribution in [-0.2, 0) is 0 Å². The van der Waals surface area contributed by atoms with E-state index in [1.807, 2.05) is 6.92 Å². The Morgan fingerprint density at radius 2 is 2.21 bits per heavy atom. The molecule has 0 aromatic carbocycles. The minimum atomic E-state index is -1.07. The van der Waals surface area contributed by atoms with Crippen molar-refractivity contribution in [2.24, 2.45) is 0 Å². The molecule has 0 radical (unpaired) electrons. The molecule has 3 rings (SSSR count). The molecule has 0 bridgehead atoms. The van der Waals surface area contributed by atoms with E-state index in [2.05, 4.69) is 10.2 Å². The summed E-state index contributed by atoms with van der Waals surface area (Å²) in [6.45, 7) is 1.81. The molecule has 0 atom stereocenters. The van der Waals surface area contributed by atoms with Crippen molar-refractivity contribution in [1.82, 2.24) is 14.6 Å². The largest absolute Gasteiger partial charge is 0.478 e. The summed E-state index contributed by atoms with van der Waals surface area (Å²) in [5.74, 6) is 0.572. The molecule has 7 heteroatoms. The van der Waals surface area contributed by atoms with Crippen molar-refractivity contribution in [2.75, 3.05) is 0 Å². The van der Waals surface area contributed by atoms with Gasteiger partial charge < -0.3 is 9.52 Å². The van der Waals surface area contributed by atoms with Gasteiger partial charge in [-0.05, 0) is 25.1 Å². The normalized spacial score (nSPS) is 11.1. The maximum absolute atomic E-state index is 11.0. The lowest BCUT2D eigenvalue weighted by Crippen LogP contribution is -2.00. The summed E-state index contributed by atoms with van der Waals surface area (Å²) in [7, 11) is 0. The third-order valence-electron chi connectivity index (χ3n) is 2.67. The lowest BCUT2D eigenvalue weighted by atomic mass is 10.3. The second-order valence-corrected chi connectivity index (χ2v) is 4.42. The molecule has 19 heavy (non-hydrogen) atoms. The lowest BCUT2D eigenvalue weighted by Gasteiger charge is -2.01. The Balaban J connectivity index is 2.29. The minimum Gasteiger partial charge on any atom is -0.478 e. The number of fused-ring (bicyclic) bond motifs is 1. The Morgan fingerprint density at radius 1 is 1.42 bits per heavy atom. The molecular weight excluding hydrogens is 270 g/mol. The smallest absolute Gasteiger partial charge is 0.337 e. The van der Waals surface area contributed by atoms with E-state index in [4.69, 9.17) is 21.1 Å². The van der Waals surface area contributed by atoms with Crippen molar-refractivity contribution in [1.29, 1.82) is 0 Å². The summed E-state index contributed by atoms with van der Waals surface area (Å²) >= 11 is 5.99. The summed E-state index contributed by atoms with van der Waals surface area (Å²) < 4.78 is 6.97. The van der Waals surface area contributed by atoms with Gasteiger partial charge in [-0.2, -0.15) is 0 Å². The third-order valence-corrected chi connectivity index (χ3v) is 2.95. The number of nitrogens with zero attached hydrogens (tertiary/aromatic N) is 3. The highest BCUT2D eigenvalue weighted by atomic mass is 35.5. The van der Waals surface area contributed by atoms with Crippen LogP contribution in [0.4, 0.5) is 0 Å². The van der Waals surface area contributed by atoms with Gasteiger partial charge in [-0.15, -0.1) is 10.2 Å². The molecule has 0 amide bonds. The first-order valence-electron chi connectivity index (χ1n) is 5.40. The van der Waals surface area contributed by atoms with E-state index in [0.717, 1.165) is 5.76 Å². The minimum absolute atomic E-state index is 0.0572. The highest BCUT2D eigenvalue weighted by Crippen LogP contribution is 2.25. The fourth-order valence-electron chi connectivity index (χ4n) is 1.79. The van der Waals surface area contributed by atoms with Gasteiger partial charge in [0, 0.05) is 6.20 Å². The molecule has 0 aliphatic rings. The van der Waals surface area contributed by atoms with Crippen LogP contribution in [0.1, 0.15) is 16.1 Å². The molecule has 3 aromatic rings. The van der Waals surface area contributed by atoms with Gasteiger partial charge in [-0.25, -0.2) is 4.79 Å². The van der Waals surface area contributed by atoms with Gasteiger partial charge in [0.1, 0.15) is 5.76 Å². The van der Waals surface area contributed by atoms with Crippen molar-refractivity contribution < 1.29 is 14.3 Å². The van der Waals surface area contributed by atoms with Crippen LogP contribution in [-0.4, -0.2) is 25.7 Å². The van der Waals surface area contributed by atoms with Gasteiger partial charge >= 0.3 is 5.97 Å². The first-order chi connectivity index (χ1) is 9.06. The number of rotatable bonds is 2. The van der Waals surface area contributed by atoms with Crippen LogP contribution in [0.5, 0.6) is 0 Å². The Bertz CT molecular complexity index is 791. The molecular formula is C12H8ClN3O3. The molecule has 0 fully saturated rings. The first-order valence-corrected chi connectivity index (χ1v) is 5.78. The van der Waals surface area contributed by atoms with Crippen molar-refractivity contribution >= 4 is 23.2 Å². The van der Waals surface area contributed by atoms with Crippen molar-refractivity contribution in [3.05, 3.63) is 40.7 Å². The summed E-state index contributed by atoms with van der Waals surface area (Å²) in [5.41, 5.74) is 0.442. The molecule has 3 aromatic heterocycles. The predicted octanol–water partition coefficient (Wildman–Crippen LogP) is 2.65. The average molecular weight is 278 g/mol. The number of carboxylic acid groups (broad SMARTS) is 1. The number of halogens is 1. The first kappa shape index (κ1) is 11.7. The highest BCUT2D eigenvalue weighted by molar-refractivity contribution is 6.33. The standard InChI is InChI=1S/C12H8ClN3O3/c1-6-2-3-9(19-6)11-15-14-10-8(13)4-7(12(17)18)5-16(10)11/h2-5H,1H3,(H,17,18). The molecule has 1 N–H and O–H groups in total. The fraction of sp³-hybridized carbons (Fsp3) is 0.0833. The predicted molar refractivity (Wildman–Crippen MR) is 67.4 cm³/mol. The van der Waals surface area contributed by atoms with Crippen LogP contribution in [0.3, 0.4) is 0 Å². The highest BCUT2D eigenvalue weighted by Gasteiger charge is 2.16. The van der Waals surface area contributed by atoms with E-state index < -0.39 is 5.97 Å². The maximum Gasteiger partial charge on any atom is 0.337 e. The molecule has 96 valence electrons. The number of aromatic nitrogens is 3. The third kappa shape index (κ3) is 1.86. The number of carboxylic acids is 1. The van der Waals surface area contributed by atoms with Gasteiger partial charge in [0.15, 0.2) is 11.4 Å². The molecule has 3 heterocycles. The molecule has 0 aliphatic heterocycles. The maximum atomic E-state index is 11.0. The number of hydrogen-bond acceptors (Lipinski definition) is 4. The molecule has 0 unspecified atom stereocenters. The van der Waals surface area contributed by atoms with Crippen LogP contribution in [0.2, 0.25) is 5.02 Å². The Morgan fingerprint density at radius 3 is 2.84 bits per heavy atom. The summed E-state index contributed by atoms with van der Waals surface area (Å²) in [4.78, 5) is 11.0. The van der Waals surface area contributed by atoms with E-state index in [1.165, 1.54) is 16.7 Å². The zero-order valence-corrected chi connectivity index (χ0v) is 10.5. The Kier molecular flexibility index (Phi) is 2.53. The van der Waals surface area contributed by atoms with E-state index in [-0.39, 0.29) is 10.6 Å². The van der Waals surface area contributed by atoms with E-state index in [0.29, 0.717) is 17.2 Å². The summed E-state index contributed by atoms with van der Waals surface area (Å²) in [6.07, 6.45) is 1.41. The van der Waals surface area contributed by atoms with E-state index in [9.17, 15) is 4.79 Å². The number of pyridine rings is 1. The SMILES string of the molecule is Cc1ccc(-c2nnc3c(Cl)cc(C(=O)O)cn23)o1. The van der Waals surface area contributed by atoms with Crippen LogP contribution in [0.25, 0.3) is 17.2 Å². The molecule has 0 saturated carbocycles. The zero-order chi connectivity index (χ0) is 13.6. The number of aryl methyl sites for hydroxylation is 1. The number of carbonyl (C=O) groups is 1. The fourth-order valence-corrected chi connectivity index (χ4v) is 2.04. The van der Waals surface area contributed by atoms with Crippen LogP contribution in [0, 0.1) is 6.92 Å². The lowest BCUT2D eigenvalue weighted by molar-refractivity contribution is 0.0696. The van der Waals surface area contributed by atoms with Gasteiger partial charge in [0.05, 0.1) is 10.6 Å². The van der Waals surface area contributed by atoms with Gasteiger partial charge in [0.25, 0.3) is 0 Å². The van der Waals surface area contributed by atoms with E-state index in [1.54, 1.807) is 12.1 Å². The molecule has 0 saturated heterocycles. The second-order valence-electron chi connectivity index (χ2n) is 4.01. The van der Waals surface area contributed by atoms with Crippen LogP contribution < -0.4 is 0 Å². The number of aromatic carboxylic acids is 1. The number of hydrogen-bond donors (Lipinski definition) is 1. The average Bonchev–Trinajstić information content (AvgIpc) is 2.94. The van der Waals surface area contributed by atoms with Gasteiger partial charge in [-0.1, -0.05) is 11.6 Å². The van der Waals surface area contributed by atoms with E-state index >= 15 is 0 Å². The molecule has 6 nitrogen and oxygen atoms in total. The Hall–Kier alpha value is -2.34. The molecule has 0 aliphatic carbocycles. The summed E-state index contributed by atoms with van der Waals surface area (Å²) in [6, 6.07) is 4.87. The van der Waals surface area contributed by atoms with Crippen LogP contribution in [0.15, 0.2) is 28.8 Å². The topological polar surface area (TPSA) is 80.6 Å². The van der Waals surface area contributed by atoms with Gasteiger partial charge in [0.2, 0.25) is 5.82 Å². The quantitative estimate of drug-likeness (QED) is 0.779. The monoisotopic (exact) mass is 277 g/mol. The van der Waals surface area contributed by atoms with Crippen molar-refractivity contribution in [3.63, 3.8) is 0 Å². The van der Waals surface area contributed by atoms with Crippen LogP contribution >= 0.6 is 11.6 Å². The van der Waals surface area contributed by atoms with Gasteiger partial charge in [-0.3, -0.25) is 4.40 Å². The zero-order valence-electron chi connectivity index (χ0n) is 9.79. The second kappa shape index (κ2) is 4.10. The summed E-state index contributed by atoms with van der Waals surface area (Å²) in [5, 5.41) is 17.2. The number of furan rings is 1.